The summed E-state index contributed by atoms with van der Waals surface area (Å²) in [6, 6.07) is 18.4. The molecular weight excluding hydrogens is 504 g/mol. The summed E-state index contributed by atoms with van der Waals surface area (Å²) in [7, 11) is -3.77. The zero-order valence-electron chi connectivity index (χ0n) is 17.6. The second-order valence-corrected chi connectivity index (χ2v) is 10.1. The number of halogens is 1. The highest BCUT2D eigenvalue weighted by molar-refractivity contribution is 9.10. The minimum Gasteiger partial charge on any atom is -0.363 e. The van der Waals surface area contributed by atoms with Crippen molar-refractivity contribution in [1.82, 2.24) is 23.6 Å². The maximum atomic E-state index is 13.2. The molecule has 0 aliphatic rings. The molecule has 0 spiro atoms. The first-order valence-corrected chi connectivity index (χ1v) is 12.3. The highest BCUT2D eigenvalue weighted by Gasteiger charge is 2.20. The Morgan fingerprint density at radius 3 is 2.58 bits per heavy atom. The molecule has 0 unspecified atom stereocenters. The van der Waals surface area contributed by atoms with Gasteiger partial charge in [0.25, 0.3) is 10.0 Å². The summed E-state index contributed by atoms with van der Waals surface area (Å²) in [6.45, 7) is 2.08. The molecule has 0 fully saturated rings. The maximum absolute atomic E-state index is 13.2. The van der Waals surface area contributed by atoms with Crippen molar-refractivity contribution in [1.29, 1.82) is 0 Å². The van der Waals surface area contributed by atoms with Crippen LogP contribution in [-0.2, 0) is 16.6 Å². The van der Waals surface area contributed by atoms with E-state index in [0.29, 0.717) is 17.3 Å². The SMILES string of the molecule is Cc1ccc(S(=O)(=O)n2ccnc2CNc2cc(-c3ccccc3)nc3c(Br)cnn23)cc1. The Hall–Kier alpha value is -3.50. The van der Waals surface area contributed by atoms with Crippen molar-refractivity contribution >= 4 is 37.4 Å². The number of benzene rings is 2. The summed E-state index contributed by atoms with van der Waals surface area (Å²) in [5, 5.41) is 7.66. The van der Waals surface area contributed by atoms with Gasteiger partial charge < -0.3 is 5.32 Å². The first-order valence-electron chi connectivity index (χ1n) is 10.1. The minimum absolute atomic E-state index is 0.170. The summed E-state index contributed by atoms with van der Waals surface area (Å²) in [5.74, 6) is 1.01. The molecule has 0 aliphatic carbocycles. The van der Waals surface area contributed by atoms with E-state index >= 15 is 0 Å². The molecular formula is C23H19BrN6O2S. The Morgan fingerprint density at radius 2 is 1.82 bits per heavy atom. The van der Waals surface area contributed by atoms with Crippen LogP contribution >= 0.6 is 15.9 Å². The third-order valence-electron chi connectivity index (χ3n) is 5.18. The molecule has 0 radical (unpaired) electrons. The minimum atomic E-state index is -3.77. The molecule has 3 aromatic heterocycles. The van der Waals surface area contributed by atoms with Gasteiger partial charge in [-0.25, -0.2) is 22.4 Å². The molecule has 0 saturated heterocycles. The number of imidazole rings is 1. The molecule has 166 valence electrons. The number of hydrogen-bond donors (Lipinski definition) is 1. The average Bonchev–Trinajstić information content (AvgIpc) is 3.46. The zero-order chi connectivity index (χ0) is 23.0. The predicted octanol–water partition coefficient (Wildman–Crippen LogP) is 4.51. The van der Waals surface area contributed by atoms with E-state index in [9.17, 15) is 8.42 Å². The lowest BCUT2D eigenvalue weighted by molar-refractivity contribution is 0.584. The summed E-state index contributed by atoms with van der Waals surface area (Å²) in [4.78, 5) is 9.19. The predicted molar refractivity (Wildman–Crippen MR) is 129 cm³/mol. The van der Waals surface area contributed by atoms with Crippen molar-refractivity contribution in [3.05, 3.63) is 95.1 Å². The highest BCUT2D eigenvalue weighted by atomic mass is 79.9. The van der Waals surface area contributed by atoms with Crippen LogP contribution in [0.3, 0.4) is 0 Å². The van der Waals surface area contributed by atoms with Gasteiger partial charge in [0.15, 0.2) is 5.65 Å². The van der Waals surface area contributed by atoms with Gasteiger partial charge >= 0.3 is 0 Å². The van der Waals surface area contributed by atoms with Gasteiger partial charge in [-0.3, -0.25) is 0 Å². The fourth-order valence-corrected chi connectivity index (χ4v) is 5.14. The van der Waals surface area contributed by atoms with Crippen LogP contribution in [0.15, 0.2) is 88.6 Å². The van der Waals surface area contributed by atoms with Gasteiger partial charge in [-0.2, -0.15) is 9.61 Å². The molecule has 5 rings (SSSR count). The molecule has 0 bridgehead atoms. The van der Waals surface area contributed by atoms with E-state index in [2.05, 4.69) is 31.3 Å². The monoisotopic (exact) mass is 522 g/mol. The Bertz CT molecular complexity index is 1540. The van der Waals surface area contributed by atoms with Gasteiger partial charge in [0.1, 0.15) is 11.6 Å². The first-order chi connectivity index (χ1) is 15.9. The second kappa shape index (κ2) is 8.45. The van der Waals surface area contributed by atoms with E-state index in [-0.39, 0.29) is 11.4 Å². The summed E-state index contributed by atoms with van der Waals surface area (Å²) < 4.78 is 29.9. The van der Waals surface area contributed by atoms with Crippen LogP contribution in [0.4, 0.5) is 5.82 Å². The third-order valence-corrected chi connectivity index (χ3v) is 7.46. The molecule has 0 aliphatic heterocycles. The Morgan fingerprint density at radius 1 is 1.06 bits per heavy atom. The lowest BCUT2D eigenvalue weighted by atomic mass is 10.1. The largest absolute Gasteiger partial charge is 0.363 e. The smallest absolute Gasteiger partial charge is 0.269 e. The fourth-order valence-electron chi connectivity index (χ4n) is 3.48. The molecule has 2 aromatic carbocycles. The number of rotatable bonds is 6. The number of nitrogens with one attached hydrogen (secondary N) is 1. The van der Waals surface area contributed by atoms with E-state index in [1.54, 1.807) is 35.0 Å². The van der Waals surface area contributed by atoms with Crippen molar-refractivity contribution in [3.8, 4) is 11.3 Å². The standard InChI is InChI=1S/C23H19BrN6O2S/c1-16-7-9-18(10-8-16)33(31,32)29-12-11-25-22(29)15-26-21-13-20(17-5-3-2-4-6-17)28-23-19(24)14-27-30(21)23/h2-14,26H,15H2,1H3. The lowest BCUT2D eigenvalue weighted by Gasteiger charge is -2.13. The van der Waals surface area contributed by atoms with Crippen LogP contribution in [0.5, 0.6) is 0 Å². The van der Waals surface area contributed by atoms with Gasteiger partial charge in [0.05, 0.1) is 27.8 Å². The van der Waals surface area contributed by atoms with Crippen LogP contribution in [-0.4, -0.2) is 32.0 Å². The van der Waals surface area contributed by atoms with E-state index in [0.717, 1.165) is 21.3 Å². The second-order valence-electron chi connectivity index (χ2n) is 7.43. The van der Waals surface area contributed by atoms with Crippen LogP contribution in [0, 0.1) is 6.92 Å². The molecule has 0 atom stereocenters. The summed E-state index contributed by atoms with van der Waals surface area (Å²) >= 11 is 3.50. The summed E-state index contributed by atoms with van der Waals surface area (Å²) in [5.41, 5.74) is 3.36. The number of aromatic nitrogens is 5. The van der Waals surface area contributed by atoms with E-state index < -0.39 is 10.0 Å². The Labute approximate surface area is 199 Å². The first kappa shape index (κ1) is 21.4. The molecule has 10 heteroatoms. The molecule has 33 heavy (non-hydrogen) atoms. The quantitative estimate of drug-likeness (QED) is 0.352. The molecule has 1 N–H and O–H groups in total. The van der Waals surface area contributed by atoms with Crippen molar-refractivity contribution in [3.63, 3.8) is 0 Å². The Balaban J connectivity index is 1.49. The average molecular weight is 523 g/mol. The van der Waals surface area contributed by atoms with Crippen molar-refractivity contribution in [2.45, 2.75) is 18.4 Å². The Kier molecular flexibility index (Phi) is 5.47. The van der Waals surface area contributed by atoms with Gasteiger partial charge in [0.2, 0.25) is 0 Å². The molecule has 5 aromatic rings. The molecule has 0 amide bonds. The van der Waals surface area contributed by atoms with Crippen LogP contribution in [0.25, 0.3) is 16.9 Å². The van der Waals surface area contributed by atoms with Crippen molar-refractivity contribution in [2.24, 2.45) is 0 Å². The molecule has 3 heterocycles. The number of hydrogen-bond acceptors (Lipinski definition) is 6. The van der Waals surface area contributed by atoms with Crippen LogP contribution in [0.1, 0.15) is 11.4 Å². The highest BCUT2D eigenvalue weighted by Crippen LogP contribution is 2.26. The number of fused-ring (bicyclic) bond motifs is 1. The van der Waals surface area contributed by atoms with Gasteiger partial charge in [-0.1, -0.05) is 48.0 Å². The topological polar surface area (TPSA) is 94.2 Å². The molecule has 8 nitrogen and oxygen atoms in total. The van der Waals surface area contributed by atoms with Gasteiger partial charge in [-0.15, -0.1) is 0 Å². The fraction of sp³-hybridized carbons (Fsp3) is 0.0870. The lowest BCUT2D eigenvalue weighted by Crippen LogP contribution is -2.18. The zero-order valence-corrected chi connectivity index (χ0v) is 20.0. The summed E-state index contributed by atoms with van der Waals surface area (Å²) in [6.07, 6.45) is 4.60. The van der Waals surface area contributed by atoms with Crippen LogP contribution in [0.2, 0.25) is 0 Å². The van der Waals surface area contributed by atoms with E-state index in [1.807, 2.05) is 43.3 Å². The number of nitrogens with zero attached hydrogens (tertiary/aromatic N) is 5. The van der Waals surface area contributed by atoms with E-state index in [4.69, 9.17) is 4.98 Å². The van der Waals surface area contributed by atoms with Gasteiger partial charge in [0, 0.05) is 24.0 Å². The maximum Gasteiger partial charge on any atom is 0.269 e. The third kappa shape index (κ3) is 4.03. The van der Waals surface area contributed by atoms with Crippen molar-refractivity contribution in [2.75, 3.05) is 5.32 Å². The normalized spacial score (nSPS) is 11.7. The van der Waals surface area contributed by atoms with Crippen molar-refractivity contribution < 1.29 is 8.42 Å². The van der Waals surface area contributed by atoms with Gasteiger partial charge in [-0.05, 0) is 35.0 Å². The van der Waals surface area contributed by atoms with Crippen LogP contribution < -0.4 is 5.32 Å². The number of anilines is 1. The van der Waals surface area contributed by atoms with E-state index in [1.165, 1.54) is 16.4 Å². The molecule has 0 saturated carbocycles. The number of aryl methyl sites for hydroxylation is 1.